The summed E-state index contributed by atoms with van der Waals surface area (Å²) in [5.74, 6) is 0.0651. The fourth-order valence-electron chi connectivity index (χ4n) is 3.34. The van der Waals surface area contributed by atoms with E-state index in [9.17, 15) is 18.3 Å². The molecule has 3 heterocycles. The van der Waals surface area contributed by atoms with E-state index in [2.05, 4.69) is 9.97 Å². The van der Waals surface area contributed by atoms with Gasteiger partial charge < -0.3 is 10.0 Å². The lowest BCUT2D eigenvalue weighted by Gasteiger charge is -2.40. The molecule has 0 aromatic carbocycles. The Morgan fingerprint density at radius 1 is 1.12 bits per heavy atom. The molecule has 4 nitrogen and oxygen atoms in total. The molecule has 134 valence electrons. The topological polar surface area (TPSA) is 49.3 Å². The van der Waals surface area contributed by atoms with Gasteiger partial charge in [-0.25, -0.2) is 4.98 Å². The van der Waals surface area contributed by atoms with Gasteiger partial charge in [0.05, 0.1) is 17.5 Å². The first-order valence-electron chi connectivity index (χ1n) is 8.19. The summed E-state index contributed by atoms with van der Waals surface area (Å²) in [5, 5.41) is 10.9. The Morgan fingerprint density at radius 3 is 2.36 bits per heavy atom. The van der Waals surface area contributed by atoms with Crippen molar-refractivity contribution in [3.8, 4) is 0 Å². The Bertz CT molecular complexity index is 694. The maximum absolute atomic E-state index is 12.6. The normalized spacial score (nSPS) is 18.8. The quantitative estimate of drug-likeness (QED) is 0.918. The number of pyridine rings is 2. The smallest absolute Gasteiger partial charge is 0.385 e. The molecular formula is C18H20F3N3O. The van der Waals surface area contributed by atoms with Crippen LogP contribution in [0.25, 0.3) is 0 Å². The van der Waals surface area contributed by atoms with Crippen LogP contribution in [-0.2, 0) is 11.8 Å². The van der Waals surface area contributed by atoms with E-state index >= 15 is 0 Å². The molecule has 1 saturated heterocycles. The van der Waals surface area contributed by atoms with E-state index in [1.54, 1.807) is 25.4 Å². The van der Waals surface area contributed by atoms with Crippen LogP contribution in [0, 0.1) is 5.92 Å². The van der Waals surface area contributed by atoms with Gasteiger partial charge in [-0.1, -0.05) is 6.07 Å². The van der Waals surface area contributed by atoms with Gasteiger partial charge in [-0.2, -0.15) is 13.2 Å². The number of anilines is 1. The van der Waals surface area contributed by atoms with Crippen LogP contribution in [0.4, 0.5) is 18.9 Å². The van der Waals surface area contributed by atoms with E-state index in [1.165, 1.54) is 12.3 Å². The molecule has 0 saturated carbocycles. The van der Waals surface area contributed by atoms with E-state index in [0.717, 1.165) is 24.5 Å². The Balaban J connectivity index is 1.66. The lowest BCUT2D eigenvalue weighted by atomic mass is 9.78. The van der Waals surface area contributed by atoms with Crippen molar-refractivity contribution in [3.63, 3.8) is 0 Å². The van der Waals surface area contributed by atoms with Gasteiger partial charge in [0, 0.05) is 31.0 Å². The zero-order valence-corrected chi connectivity index (χ0v) is 13.9. The van der Waals surface area contributed by atoms with Crippen molar-refractivity contribution in [2.45, 2.75) is 31.5 Å². The lowest BCUT2D eigenvalue weighted by molar-refractivity contribution is -0.141. The average Bonchev–Trinajstić information content (AvgIpc) is 2.62. The fourth-order valence-corrected chi connectivity index (χ4v) is 3.34. The Kier molecular flexibility index (Phi) is 4.69. The van der Waals surface area contributed by atoms with Crippen molar-refractivity contribution in [3.05, 3.63) is 54.1 Å². The molecule has 1 atom stereocenters. The second kappa shape index (κ2) is 6.63. The van der Waals surface area contributed by atoms with Crippen LogP contribution in [-0.4, -0.2) is 28.2 Å². The standard InChI is InChI=1S/C18H20F3N3O/c1-17(25,14-3-2-8-22-11-14)13-6-9-24(10-7-13)15-4-5-16(23-12-15)18(19,20)21/h2-5,8,11-13,25H,6-7,9-10H2,1H3. The monoisotopic (exact) mass is 351 g/mol. The molecule has 2 aromatic heterocycles. The molecular weight excluding hydrogens is 331 g/mol. The number of hydrogen-bond donors (Lipinski definition) is 1. The number of nitrogens with zero attached hydrogens (tertiary/aromatic N) is 3. The summed E-state index contributed by atoms with van der Waals surface area (Å²) >= 11 is 0. The van der Waals surface area contributed by atoms with Gasteiger partial charge in [0.25, 0.3) is 0 Å². The second-order valence-corrected chi connectivity index (χ2v) is 6.55. The Labute approximate surface area is 144 Å². The molecule has 1 N–H and O–H groups in total. The van der Waals surface area contributed by atoms with Crippen LogP contribution in [0.5, 0.6) is 0 Å². The van der Waals surface area contributed by atoms with E-state index < -0.39 is 17.5 Å². The van der Waals surface area contributed by atoms with Crippen molar-refractivity contribution < 1.29 is 18.3 Å². The minimum absolute atomic E-state index is 0.0651. The van der Waals surface area contributed by atoms with Crippen molar-refractivity contribution in [1.29, 1.82) is 0 Å². The molecule has 1 aliphatic heterocycles. The number of halogens is 3. The fraction of sp³-hybridized carbons (Fsp3) is 0.444. The summed E-state index contributed by atoms with van der Waals surface area (Å²) in [5.41, 5.74) is -0.401. The predicted octanol–water partition coefficient (Wildman–Crippen LogP) is 3.62. The maximum atomic E-state index is 12.6. The third kappa shape index (κ3) is 3.76. The van der Waals surface area contributed by atoms with Crippen molar-refractivity contribution >= 4 is 5.69 Å². The number of aromatic nitrogens is 2. The minimum atomic E-state index is -4.42. The molecule has 1 fully saturated rings. The third-order valence-electron chi connectivity index (χ3n) is 4.94. The summed E-state index contributed by atoms with van der Waals surface area (Å²) in [4.78, 5) is 9.58. The summed E-state index contributed by atoms with van der Waals surface area (Å²) in [7, 11) is 0. The van der Waals surface area contributed by atoms with Crippen LogP contribution in [0.3, 0.4) is 0 Å². The first-order valence-corrected chi connectivity index (χ1v) is 8.19. The third-order valence-corrected chi connectivity index (χ3v) is 4.94. The minimum Gasteiger partial charge on any atom is -0.385 e. The van der Waals surface area contributed by atoms with Crippen LogP contribution in [0.2, 0.25) is 0 Å². The maximum Gasteiger partial charge on any atom is 0.433 e. The van der Waals surface area contributed by atoms with Crippen LogP contribution in [0.1, 0.15) is 31.0 Å². The highest BCUT2D eigenvalue weighted by atomic mass is 19.4. The number of rotatable bonds is 3. The molecule has 0 radical (unpaired) electrons. The summed E-state index contributed by atoms with van der Waals surface area (Å²) in [6.45, 7) is 3.12. The number of piperidine rings is 1. The molecule has 0 aliphatic carbocycles. The van der Waals surface area contributed by atoms with E-state index in [1.807, 2.05) is 11.0 Å². The first kappa shape index (κ1) is 17.7. The molecule has 2 aromatic rings. The van der Waals surface area contributed by atoms with E-state index in [-0.39, 0.29) is 5.92 Å². The summed E-state index contributed by atoms with van der Waals surface area (Å²) < 4.78 is 37.8. The largest absolute Gasteiger partial charge is 0.433 e. The molecule has 7 heteroatoms. The van der Waals surface area contributed by atoms with Gasteiger partial charge in [-0.15, -0.1) is 0 Å². The highest BCUT2D eigenvalue weighted by molar-refractivity contribution is 5.45. The lowest BCUT2D eigenvalue weighted by Crippen LogP contribution is -2.42. The number of alkyl halides is 3. The number of hydrogen-bond acceptors (Lipinski definition) is 4. The highest BCUT2D eigenvalue weighted by Gasteiger charge is 2.36. The molecule has 0 bridgehead atoms. The molecule has 25 heavy (non-hydrogen) atoms. The second-order valence-electron chi connectivity index (χ2n) is 6.55. The zero-order valence-electron chi connectivity index (χ0n) is 13.9. The van der Waals surface area contributed by atoms with Gasteiger partial charge >= 0.3 is 6.18 Å². The Hall–Kier alpha value is -2.15. The molecule has 3 rings (SSSR count). The SMILES string of the molecule is CC(O)(c1cccnc1)C1CCN(c2ccc(C(F)(F)F)nc2)CC1. The van der Waals surface area contributed by atoms with Gasteiger partial charge in [0.1, 0.15) is 5.69 Å². The van der Waals surface area contributed by atoms with E-state index in [4.69, 9.17) is 0 Å². The average molecular weight is 351 g/mol. The molecule has 1 unspecified atom stereocenters. The van der Waals surface area contributed by atoms with Gasteiger partial charge in [-0.3, -0.25) is 4.98 Å². The summed E-state index contributed by atoms with van der Waals surface area (Å²) in [6.07, 6.45) is 1.66. The van der Waals surface area contributed by atoms with Crippen molar-refractivity contribution in [2.75, 3.05) is 18.0 Å². The zero-order chi connectivity index (χ0) is 18.1. The summed E-state index contributed by atoms with van der Waals surface area (Å²) in [6, 6.07) is 6.12. The van der Waals surface area contributed by atoms with Crippen LogP contribution >= 0.6 is 0 Å². The molecule has 0 amide bonds. The number of aliphatic hydroxyl groups is 1. The van der Waals surface area contributed by atoms with Crippen molar-refractivity contribution in [2.24, 2.45) is 5.92 Å². The van der Waals surface area contributed by atoms with Crippen LogP contribution < -0.4 is 4.90 Å². The Morgan fingerprint density at radius 2 is 1.84 bits per heavy atom. The van der Waals surface area contributed by atoms with Gasteiger partial charge in [0.2, 0.25) is 0 Å². The van der Waals surface area contributed by atoms with Gasteiger partial charge in [0.15, 0.2) is 0 Å². The van der Waals surface area contributed by atoms with Gasteiger partial charge in [-0.05, 0) is 43.9 Å². The predicted molar refractivity (Wildman–Crippen MR) is 88.0 cm³/mol. The molecule has 1 aliphatic rings. The highest BCUT2D eigenvalue weighted by Crippen LogP contribution is 2.37. The first-order chi connectivity index (χ1) is 11.8. The van der Waals surface area contributed by atoms with Crippen LogP contribution in [0.15, 0.2) is 42.9 Å². The van der Waals surface area contributed by atoms with Crippen molar-refractivity contribution in [1.82, 2.24) is 9.97 Å². The van der Waals surface area contributed by atoms with E-state index in [0.29, 0.717) is 18.8 Å². The molecule has 0 spiro atoms.